The van der Waals surface area contributed by atoms with Gasteiger partial charge in [-0.3, -0.25) is 0 Å². The van der Waals surface area contributed by atoms with Gasteiger partial charge < -0.3 is 5.11 Å². The highest BCUT2D eigenvalue weighted by Crippen LogP contribution is 2.29. The molecule has 0 aliphatic heterocycles. The third-order valence-electron chi connectivity index (χ3n) is 1.89. The van der Waals surface area contributed by atoms with Gasteiger partial charge in [-0.05, 0) is 12.1 Å². The summed E-state index contributed by atoms with van der Waals surface area (Å²) in [5, 5.41) is 8.39. The number of benzene rings is 1. The predicted molar refractivity (Wildman–Crippen MR) is 67.4 cm³/mol. The van der Waals surface area contributed by atoms with Crippen molar-refractivity contribution in [2.45, 2.75) is 4.90 Å². The molecule has 0 bridgehead atoms. The third-order valence-corrected chi connectivity index (χ3v) is 4.05. The third kappa shape index (κ3) is 3.15. The molecule has 0 amide bonds. The van der Waals surface area contributed by atoms with Gasteiger partial charge in [0.15, 0.2) is 0 Å². The highest BCUT2D eigenvalue weighted by Gasteiger charge is 2.23. The molecule has 0 atom stereocenters. The number of carbonyl (C=O) groups is 1. The fourth-order valence-corrected chi connectivity index (χ4v) is 2.96. The molecule has 1 rings (SSSR count). The second kappa shape index (κ2) is 5.59. The first-order chi connectivity index (χ1) is 8.29. The molecule has 0 spiro atoms. The Morgan fingerprint density at radius 1 is 1.44 bits per heavy atom. The summed E-state index contributed by atoms with van der Waals surface area (Å²) in [6, 6.07) is 2.11. The molecule has 96 valence electrons. The van der Waals surface area contributed by atoms with Gasteiger partial charge in [-0.2, -0.15) is 4.72 Å². The first-order valence-electron chi connectivity index (χ1n) is 4.45. The number of terminal acetylenes is 1. The molecular formula is C10H7Cl2NO4S. The summed E-state index contributed by atoms with van der Waals surface area (Å²) in [7, 11) is -4.00. The Hall–Kier alpha value is -1.26. The van der Waals surface area contributed by atoms with Crippen LogP contribution in [-0.4, -0.2) is 26.0 Å². The van der Waals surface area contributed by atoms with E-state index < -0.39 is 31.5 Å². The molecule has 0 heterocycles. The van der Waals surface area contributed by atoms with Crippen molar-refractivity contribution in [2.75, 3.05) is 6.54 Å². The van der Waals surface area contributed by atoms with Gasteiger partial charge in [0, 0.05) is 5.02 Å². The zero-order chi connectivity index (χ0) is 13.9. The zero-order valence-corrected chi connectivity index (χ0v) is 11.1. The lowest BCUT2D eigenvalue weighted by Gasteiger charge is -2.09. The van der Waals surface area contributed by atoms with Gasteiger partial charge in [0.25, 0.3) is 0 Å². The lowest BCUT2D eigenvalue weighted by atomic mass is 10.2. The first-order valence-corrected chi connectivity index (χ1v) is 6.69. The normalized spacial score (nSPS) is 10.9. The van der Waals surface area contributed by atoms with Crippen molar-refractivity contribution in [3.8, 4) is 12.3 Å². The molecule has 1 aromatic rings. The molecule has 0 aliphatic rings. The van der Waals surface area contributed by atoms with Crippen LogP contribution in [-0.2, 0) is 10.0 Å². The lowest BCUT2D eigenvalue weighted by molar-refractivity contribution is 0.0697. The minimum Gasteiger partial charge on any atom is -0.478 e. The summed E-state index contributed by atoms with van der Waals surface area (Å²) >= 11 is 11.4. The van der Waals surface area contributed by atoms with Crippen molar-refractivity contribution in [2.24, 2.45) is 0 Å². The monoisotopic (exact) mass is 307 g/mol. The van der Waals surface area contributed by atoms with E-state index in [0.717, 1.165) is 12.1 Å². The molecule has 5 nitrogen and oxygen atoms in total. The van der Waals surface area contributed by atoms with Crippen LogP contribution in [0.2, 0.25) is 10.0 Å². The number of carboxylic acid groups (broad SMARTS) is 1. The molecule has 1 aromatic carbocycles. The highest BCUT2D eigenvalue weighted by molar-refractivity contribution is 7.89. The number of halogens is 2. The average Bonchev–Trinajstić information content (AvgIpc) is 2.28. The van der Waals surface area contributed by atoms with E-state index >= 15 is 0 Å². The maximum absolute atomic E-state index is 11.8. The van der Waals surface area contributed by atoms with Crippen molar-refractivity contribution in [3.05, 3.63) is 27.7 Å². The molecule has 0 radical (unpaired) electrons. The van der Waals surface area contributed by atoms with Gasteiger partial charge in [0.2, 0.25) is 10.0 Å². The largest absolute Gasteiger partial charge is 0.478 e. The fraction of sp³-hybridized carbons (Fsp3) is 0.100. The van der Waals surface area contributed by atoms with E-state index in [4.69, 9.17) is 34.7 Å². The maximum atomic E-state index is 11.8. The Balaban J connectivity index is 3.43. The zero-order valence-electron chi connectivity index (χ0n) is 8.78. The Morgan fingerprint density at radius 3 is 2.56 bits per heavy atom. The van der Waals surface area contributed by atoms with E-state index in [-0.39, 0.29) is 11.6 Å². The first kappa shape index (κ1) is 14.8. The van der Waals surface area contributed by atoms with E-state index in [1.807, 2.05) is 0 Å². The Morgan fingerprint density at radius 2 is 2.06 bits per heavy atom. The SMILES string of the molecule is C#CCNS(=O)(=O)c1cc(Cl)cc(C(=O)O)c1Cl. The second-order valence-corrected chi connectivity index (χ2v) is 5.65. The fourth-order valence-electron chi connectivity index (χ4n) is 1.13. The Bertz CT molecular complexity index is 634. The van der Waals surface area contributed by atoms with Crippen LogP contribution in [0.3, 0.4) is 0 Å². The van der Waals surface area contributed by atoms with Gasteiger partial charge in [-0.15, -0.1) is 6.42 Å². The van der Waals surface area contributed by atoms with Crippen LogP contribution in [0, 0.1) is 12.3 Å². The number of hydrogen-bond acceptors (Lipinski definition) is 3. The van der Waals surface area contributed by atoms with Gasteiger partial charge in [0.1, 0.15) is 4.90 Å². The van der Waals surface area contributed by atoms with Crippen LogP contribution in [0.1, 0.15) is 10.4 Å². The molecule has 0 aliphatic carbocycles. The quantitative estimate of drug-likeness (QED) is 0.828. The Kier molecular flexibility index (Phi) is 4.59. The molecule has 0 unspecified atom stereocenters. The van der Waals surface area contributed by atoms with Crippen molar-refractivity contribution >= 4 is 39.2 Å². The summed E-state index contributed by atoms with van der Waals surface area (Å²) in [4.78, 5) is 10.4. The molecule has 18 heavy (non-hydrogen) atoms. The minimum absolute atomic E-state index is 0.0575. The summed E-state index contributed by atoms with van der Waals surface area (Å²) in [6.45, 7) is -0.242. The standard InChI is InChI=1S/C10H7Cl2NO4S/c1-2-3-13-18(16,17)8-5-6(11)4-7(9(8)12)10(14)15/h1,4-5,13H,3H2,(H,14,15). The number of nitrogens with one attached hydrogen (secondary N) is 1. The molecule has 0 saturated carbocycles. The number of aromatic carboxylic acids is 1. The van der Waals surface area contributed by atoms with Gasteiger partial charge in [-0.25, -0.2) is 13.2 Å². The molecule has 0 saturated heterocycles. The average molecular weight is 308 g/mol. The van der Waals surface area contributed by atoms with Crippen LogP contribution in [0.4, 0.5) is 0 Å². The molecule has 2 N–H and O–H groups in total. The number of hydrogen-bond donors (Lipinski definition) is 2. The summed E-state index contributed by atoms with van der Waals surface area (Å²) in [5.41, 5.74) is -0.398. The summed E-state index contributed by atoms with van der Waals surface area (Å²) < 4.78 is 25.7. The summed E-state index contributed by atoms with van der Waals surface area (Å²) in [6.07, 6.45) is 4.93. The van der Waals surface area contributed by atoms with Crippen molar-refractivity contribution in [3.63, 3.8) is 0 Å². The van der Waals surface area contributed by atoms with Crippen LogP contribution in [0.15, 0.2) is 17.0 Å². The topological polar surface area (TPSA) is 83.5 Å². The van der Waals surface area contributed by atoms with Crippen LogP contribution < -0.4 is 4.72 Å². The van der Waals surface area contributed by atoms with E-state index in [2.05, 4.69) is 10.6 Å². The second-order valence-electron chi connectivity index (χ2n) is 3.10. The van der Waals surface area contributed by atoms with E-state index in [9.17, 15) is 13.2 Å². The number of rotatable bonds is 4. The lowest BCUT2D eigenvalue weighted by Crippen LogP contribution is -2.24. The smallest absolute Gasteiger partial charge is 0.337 e. The van der Waals surface area contributed by atoms with E-state index in [0.29, 0.717) is 0 Å². The van der Waals surface area contributed by atoms with Gasteiger partial charge >= 0.3 is 5.97 Å². The van der Waals surface area contributed by atoms with Crippen LogP contribution >= 0.6 is 23.2 Å². The molecular weight excluding hydrogens is 301 g/mol. The number of sulfonamides is 1. The summed E-state index contributed by atoms with van der Waals surface area (Å²) in [5.74, 6) is 0.704. The van der Waals surface area contributed by atoms with E-state index in [1.165, 1.54) is 0 Å². The number of carboxylic acids is 1. The molecule has 0 fully saturated rings. The molecule has 8 heteroatoms. The van der Waals surface area contributed by atoms with Crippen molar-refractivity contribution < 1.29 is 18.3 Å². The predicted octanol–water partition coefficient (Wildman–Crippen LogP) is 1.60. The van der Waals surface area contributed by atoms with Crippen LogP contribution in [0.5, 0.6) is 0 Å². The maximum Gasteiger partial charge on any atom is 0.337 e. The molecule has 0 aromatic heterocycles. The van der Waals surface area contributed by atoms with Crippen LogP contribution in [0.25, 0.3) is 0 Å². The van der Waals surface area contributed by atoms with E-state index in [1.54, 1.807) is 0 Å². The van der Waals surface area contributed by atoms with Gasteiger partial charge in [0.05, 0.1) is 17.1 Å². The van der Waals surface area contributed by atoms with Crippen molar-refractivity contribution in [1.82, 2.24) is 4.72 Å². The minimum atomic E-state index is -4.00. The van der Waals surface area contributed by atoms with Crippen molar-refractivity contribution in [1.29, 1.82) is 0 Å². The highest BCUT2D eigenvalue weighted by atomic mass is 35.5. The Labute approximate surface area is 114 Å². The van der Waals surface area contributed by atoms with Gasteiger partial charge in [-0.1, -0.05) is 29.1 Å².